The Bertz CT molecular complexity index is 670. The van der Waals surface area contributed by atoms with E-state index < -0.39 is 17.5 Å². The molecule has 1 aromatic rings. The highest BCUT2D eigenvalue weighted by Gasteiger charge is 2.47. The van der Waals surface area contributed by atoms with Crippen LogP contribution in [0.15, 0.2) is 12.1 Å². The fourth-order valence-corrected chi connectivity index (χ4v) is 4.26. The van der Waals surface area contributed by atoms with Gasteiger partial charge in [-0.05, 0) is 45.0 Å². The number of ether oxygens (including phenoxy) is 1. The van der Waals surface area contributed by atoms with Gasteiger partial charge in [-0.1, -0.05) is 0 Å². The molecule has 2 heterocycles. The molecule has 1 amide bonds. The Morgan fingerprint density at radius 1 is 1.36 bits per heavy atom. The number of carbonyl (C=O) groups is 1. The third-order valence-electron chi connectivity index (χ3n) is 5.79. The van der Waals surface area contributed by atoms with Crippen molar-refractivity contribution in [3.05, 3.63) is 29.3 Å². The van der Waals surface area contributed by atoms with E-state index in [0.29, 0.717) is 19.5 Å². The van der Waals surface area contributed by atoms with Crippen LogP contribution in [0, 0.1) is 17.0 Å². The Morgan fingerprint density at radius 2 is 2.12 bits per heavy atom. The minimum Gasteiger partial charge on any atom is -0.496 e. The van der Waals surface area contributed by atoms with Crippen LogP contribution in [-0.2, 0) is 0 Å². The Hall–Kier alpha value is -1.73. The molecule has 0 aromatic heterocycles. The maximum atomic E-state index is 14.3. The molecule has 5 nitrogen and oxygen atoms in total. The maximum absolute atomic E-state index is 14.3. The third kappa shape index (κ3) is 3.00. The van der Waals surface area contributed by atoms with E-state index in [4.69, 9.17) is 4.74 Å². The summed E-state index contributed by atoms with van der Waals surface area (Å²) in [5.41, 5.74) is -0.591. The number of rotatable bonds is 3. The number of hydrogen-bond donors (Lipinski definition) is 1. The van der Waals surface area contributed by atoms with E-state index in [1.54, 1.807) is 4.90 Å². The van der Waals surface area contributed by atoms with Gasteiger partial charge in [0.25, 0.3) is 5.91 Å². The fraction of sp³-hybridized carbons (Fsp3) is 0.611. The molecular formula is C18H24F2N2O3. The molecule has 0 spiro atoms. The van der Waals surface area contributed by atoms with Crippen molar-refractivity contribution >= 4 is 5.91 Å². The Morgan fingerprint density at radius 3 is 2.80 bits per heavy atom. The van der Waals surface area contributed by atoms with Gasteiger partial charge in [-0.2, -0.15) is 0 Å². The Balaban J connectivity index is 1.89. The number of aliphatic hydroxyl groups is 1. The number of methoxy groups -OCH3 is 1. The summed E-state index contributed by atoms with van der Waals surface area (Å²) in [6.07, 6.45) is 2.57. The van der Waals surface area contributed by atoms with Crippen molar-refractivity contribution in [3.8, 4) is 5.75 Å². The highest BCUT2D eigenvalue weighted by Crippen LogP contribution is 2.42. The molecule has 0 radical (unpaired) electrons. The van der Waals surface area contributed by atoms with Gasteiger partial charge in [0.05, 0.1) is 13.7 Å². The average Bonchev–Trinajstić information content (AvgIpc) is 2.63. The van der Waals surface area contributed by atoms with Gasteiger partial charge in [-0.25, -0.2) is 8.78 Å². The standard InChI is InChI=1S/C18H24F2N2O3/c1-21-8-3-6-18(11-23)7-9-22(10-14(18)21)17(24)15-13(25-2)5-4-12(19)16(15)20/h4-5,14,23H,3,6-11H2,1-2H3/t14-,18-/m1/s1. The number of hydrogen-bond acceptors (Lipinski definition) is 4. The number of likely N-dealkylation sites (N-methyl/N-ethyl adjacent to an activating group) is 1. The molecule has 138 valence electrons. The molecule has 0 unspecified atom stereocenters. The van der Waals surface area contributed by atoms with E-state index in [1.807, 2.05) is 7.05 Å². The predicted molar refractivity (Wildman–Crippen MR) is 88.6 cm³/mol. The molecule has 2 fully saturated rings. The van der Waals surface area contributed by atoms with Crippen LogP contribution in [0.25, 0.3) is 0 Å². The molecule has 2 saturated heterocycles. The zero-order valence-corrected chi connectivity index (χ0v) is 14.6. The second kappa shape index (κ2) is 6.88. The summed E-state index contributed by atoms with van der Waals surface area (Å²) in [5.74, 6) is -2.79. The quantitative estimate of drug-likeness (QED) is 0.901. The predicted octanol–water partition coefficient (Wildman–Crippen LogP) is 1.89. The average molecular weight is 354 g/mol. The molecule has 2 aliphatic rings. The molecular weight excluding hydrogens is 330 g/mol. The molecule has 3 rings (SSSR count). The second-order valence-corrected chi connectivity index (χ2v) is 7.06. The molecule has 7 heteroatoms. The van der Waals surface area contributed by atoms with Gasteiger partial charge in [0.15, 0.2) is 11.6 Å². The van der Waals surface area contributed by atoms with Crippen molar-refractivity contribution in [2.45, 2.75) is 25.3 Å². The molecule has 0 saturated carbocycles. The van der Waals surface area contributed by atoms with Crippen LogP contribution in [0.4, 0.5) is 8.78 Å². The number of aliphatic hydroxyl groups excluding tert-OH is 1. The van der Waals surface area contributed by atoms with Crippen molar-refractivity contribution in [1.29, 1.82) is 0 Å². The number of halogens is 2. The van der Waals surface area contributed by atoms with Crippen LogP contribution in [-0.4, -0.2) is 67.3 Å². The van der Waals surface area contributed by atoms with Crippen LogP contribution in [0.3, 0.4) is 0 Å². The Labute approximate surface area is 146 Å². The van der Waals surface area contributed by atoms with Crippen molar-refractivity contribution in [3.63, 3.8) is 0 Å². The number of carbonyl (C=O) groups excluding carboxylic acids is 1. The first-order chi connectivity index (χ1) is 11.9. The van der Waals surface area contributed by atoms with Crippen molar-refractivity contribution in [2.75, 3.05) is 40.4 Å². The number of benzene rings is 1. The zero-order chi connectivity index (χ0) is 18.2. The smallest absolute Gasteiger partial charge is 0.260 e. The van der Waals surface area contributed by atoms with Gasteiger partial charge in [0.1, 0.15) is 11.3 Å². The first-order valence-corrected chi connectivity index (χ1v) is 8.56. The van der Waals surface area contributed by atoms with E-state index in [0.717, 1.165) is 25.5 Å². The Kier molecular flexibility index (Phi) is 4.97. The van der Waals surface area contributed by atoms with Crippen LogP contribution in [0.1, 0.15) is 29.6 Å². The van der Waals surface area contributed by atoms with Crippen molar-refractivity contribution in [2.24, 2.45) is 5.41 Å². The number of nitrogens with zero attached hydrogens (tertiary/aromatic N) is 2. The van der Waals surface area contributed by atoms with E-state index >= 15 is 0 Å². The van der Waals surface area contributed by atoms with Gasteiger partial charge >= 0.3 is 0 Å². The largest absolute Gasteiger partial charge is 0.496 e. The highest BCUT2D eigenvalue weighted by molar-refractivity contribution is 5.97. The minimum atomic E-state index is -1.18. The summed E-state index contributed by atoms with van der Waals surface area (Å²) in [6, 6.07) is 2.22. The highest BCUT2D eigenvalue weighted by atomic mass is 19.2. The van der Waals surface area contributed by atoms with E-state index in [-0.39, 0.29) is 29.4 Å². The number of piperidine rings is 2. The van der Waals surface area contributed by atoms with Crippen LogP contribution >= 0.6 is 0 Å². The molecule has 0 aliphatic carbocycles. The van der Waals surface area contributed by atoms with Crippen LogP contribution < -0.4 is 4.74 Å². The first-order valence-electron chi connectivity index (χ1n) is 8.56. The molecule has 0 bridgehead atoms. The monoisotopic (exact) mass is 354 g/mol. The summed E-state index contributed by atoms with van der Waals surface area (Å²) in [7, 11) is 3.30. The lowest BCUT2D eigenvalue weighted by Gasteiger charge is -2.53. The second-order valence-electron chi connectivity index (χ2n) is 7.06. The molecule has 2 atom stereocenters. The normalized spacial score (nSPS) is 27.1. The minimum absolute atomic E-state index is 0.00608. The molecule has 1 aromatic carbocycles. The number of fused-ring (bicyclic) bond motifs is 1. The van der Waals surface area contributed by atoms with E-state index in [9.17, 15) is 18.7 Å². The SMILES string of the molecule is COc1ccc(F)c(F)c1C(=O)N1CC[C@@]2(CO)CCCN(C)[C@@H]2C1. The maximum Gasteiger partial charge on any atom is 0.260 e. The number of likely N-dealkylation sites (tertiary alicyclic amines) is 2. The lowest BCUT2D eigenvalue weighted by molar-refractivity contribution is -0.0602. The zero-order valence-electron chi connectivity index (χ0n) is 14.6. The topological polar surface area (TPSA) is 53.0 Å². The lowest BCUT2D eigenvalue weighted by Crippen LogP contribution is -2.62. The van der Waals surface area contributed by atoms with Crippen LogP contribution in [0.5, 0.6) is 5.75 Å². The summed E-state index contributed by atoms with van der Waals surface area (Å²) in [4.78, 5) is 16.6. The summed E-state index contributed by atoms with van der Waals surface area (Å²) >= 11 is 0. The molecule has 1 N–H and O–H groups in total. The summed E-state index contributed by atoms with van der Waals surface area (Å²) in [6.45, 7) is 1.76. The van der Waals surface area contributed by atoms with Crippen molar-refractivity contribution < 1.29 is 23.4 Å². The van der Waals surface area contributed by atoms with Gasteiger partial charge in [0.2, 0.25) is 0 Å². The fourth-order valence-electron chi connectivity index (χ4n) is 4.26. The molecule has 2 aliphatic heterocycles. The summed E-state index contributed by atoms with van der Waals surface area (Å²) < 4.78 is 32.9. The van der Waals surface area contributed by atoms with Gasteiger partial charge in [-0.15, -0.1) is 0 Å². The first kappa shape index (κ1) is 18.1. The van der Waals surface area contributed by atoms with Crippen molar-refractivity contribution in [1.82, 2.24) is 9.80 Å². The van der Waals surface area contributed by atoms with E-state index in [1.165, 1.54) is 13.2 Å². The summed E-state index contributed by atoms with van der Waals surface area (Å²) in [5, 5.41) is 9.94. The van der Waals surface area contributed by atoms with Crippen LogP contribution in [0.2, 0.25) is 0 Å². The molecule has 25 heavy (non-hydrogen) atoms. The van der Waals surface area contributed by atoms with Gasteiger partial charge in [0, 0.05) is 24.5 Å². The van der Waals surface area contributed by atoms with Gasteiger partial charge in [-0.3, -0.25) is 4.79 Å². The van der Waals surface area contributed by atoms with E-state index in [2.05, 4.69) is 4.90 Å². The number of amides is 1. The third-order valence-corrected chi connectivity index (χ3v) is 5.79. The lowest BCUT2D eigenvalue weighted by atomic mass is 9.69. The van der Waals surface area contributed by atoms with Gasteiger partial charge < -0.3 is 19.6 Å².